The van der Waals surface area contributed by atoms with Crippen LogP contribution in [0.2, 0.25) is 0 Å². The molecule has 34 heavy (non-hydrogen) atoms. The standard InChI is InChI=1S/C32H18O2/c33-31-20-10-2-6-14-24(20)32(25-15-7-3-11-21(25)31)23-13-5-1-9-19(23)29-26(32)17-18-28-30(29)22-12-4-8-16-27(22)34-28/h1-18H. The number of benzene rings is 5. The molecular formula is C32H18O2. The molecule has 0 saturated carbocycles. The third kappa shape index (κ3) is 1.92. The number of ketones is 1. The van der Waals surface area contributed by atoms with Crippen molar-refractivity contribution in [2.75, 3.05) is 0 Å². The van der Waals surface area contributed by atoms with Crippen LogP contribution in [0.3, 0.4) is 0 Å². The topological polar surface area (TPSA) is 30.2 Å². The molecule has 0 aliphatic heterocycles. The van der Waals surface area contributed by atoms with Crippen LogP contribution < -0.4 is 0 Å². The van der Waals surface area contributed by atoms with E-state index in [1.165, 1.54) is 22.3 Å². The Balaban J connectivity index is 1.65. The molecule has 0 saturated heterocycles. The molecule has 0 N–H and O–H groups in total. The number of furan rings is 1. The van der Waals surface area contributed by atoms with Gasteiger partial charge in [-0.25, -0.2) is 0 Å². The van der Waals surface area contributed by atoms with E-state index in [2.05, 4.69) is 60.7 Å². The fourth-order valence-corrected chi connectivity index (χ4v) is 6.47. The maximum atomic E-state index is 13.6. The Labute approximate surface area is 196 Å². The maximum Gasteiger partial charge on any atom is 0.193 e. The largest absolute Gasteiger partial charge is 0.456 e. The molecule has 1 spiro atoms. The summed E-state index contributed by atoms with van der Waals surface area (Å²) in [7, 11) is 0. The van der Waals surface area contributed by atoms with E-state index >= 15 is 0 Å². The van der Waals surface area contributed by atoms with Crippen molar-refractivity contribution in [3.8, 4) is 11.1 Å². The number of rotatable bonds is 0. The first-order chi connectivity index (χ1) is 16.8. The van der Waals surface area contributed by atoms with Crippen molar-refractivity contribution in [2.45, 2.75) is 5.41 Å². The molecule has 0 amide bonds. The minimum absolute atomic E-state index is 0.0950. The van der Waals surface area contributed by atoms with Gasteiger partial charge in [0.05, 0.1) is 5.41 Å². The van der Waals surface area contributed by atoms with Crippen LogP contribution in [0.25, 0.3) is 33.1 Å². The number of hydrogen-bond donors (Lipinski definition) is 0. The third-order valence-corrected chi connectivity index (χ3v) is 7.70. The molecule has 0 bridgehead atoms. The van der Waals surface area contributed by atoms with E-state index in [-0.39, 0.29) is 5.78 Å². The summed E-state index contributed by atoms with van der Waals surface area (Å²) in [6, 6.07) is 37.5. The SMILES string of the molecule is O=C1c2ccccc2C2(c3ccccc31)c1ccccc1-c1c2ccc2oc3ccccc3c12. The fraction of sp³-hybridized carbons (Fsp3) is 0.0312. The van der Waals surface area contributed by atoms with Crippen molar-refractivity contribution in [2.24, 2.45) is 0 Å². The Morgan fingerprint density at radius 3 is 1.76 bits per heavy atom. The zero-order chi connectivity index (χ0) is 22.4. The van der Waals surface area contributed by atoms with Gasteiger partial charge in [0.2, 0.25) is 0 Å². The second kappa shape index (κ2) is 6.12. The normalized spacial score (nSPS) is 14.8. The Hall–Kier alpha value is -4.43. The van der Waals surface area contributed by atoms with Gasteiger partial charge in [0, 0.05) is 21.9 Å². The molecular weight excluding hydrogens is 416 g/mol. The molecule has 6 aromatic rings. The summed E-state index contributed by atoms with van der Waals surface area (Å²) < 4.78 is 6.27. The first-order valence-corrected chi connectivity index (χ1v) is 11.6. The van der Waals surface area contributed by atoms with Crippen molar-refractivity contribution in [1.82, 2.24) is 0 Å². The van der Waals surface area contributed by atoms with Crippen molar-refractivity contribution in [3.63, 3.8) is 0 Å². The zero-order valence-corrected chi connectivity index (χ0v) is 18.2. The van der Waals surface area contributed by atoms with Crippen LogP contribution in [0.1, 0.15) is 38.2 Å². The Morgan fingerprint density at radius 1 is 0.500 bits per heavy atom. The lowest BCUT2D eigenvalue weighted by Crippen LogP contribution is -2.36. The number of para-hydroxylation sites is 1. The lowest BCUT2D eigenvalue weighted by atomic mass is 9.61. The van der Waals surface area contributed by atoms with Gasteiger partial charge in [-0.3, -0.25) is 4.79 Å². The highest BCUT2D eigenvalue weighted by atomic mass is 16.3. The summed E-state index contributed by atoms with van der Waals surface area (Å²) in [4.78, 5) is 13.6. The first kappa shape index (κ1) is 18.0. The number of fused-ring (bicyclic) bond motifs is 13. The molecule has 0 atom stereocenters. The van der Waals surface area contributed by atoms with E-state index in [0.717, 1.165) is 44.2 Å². The van der Waals surface area contributed by atoms with E-state index in [4.69, 9.17) is 4.42 Å². The summed E-state index contributed by atoms with van der Waals surface area (Å²) in [5.41, 5.74) is 9.72. The van der Waals surface area contributed by atoms with Gasteiger partial charge in [0.15, 0.2) is 5.78 Å². The van der Waals surface area contributed by atoms with E-state index < -0.39 is 5.41 Å². The number of carbonyl (C=O) groups is 1. The highest BCUT2D eigenvalue weighted by Crippen LogP contribution is 2.61. The van der Waals surface area contributed by atoms with Gasteiger partial charge >= 0.3 is 0 Å². The van der Waals surface area contributed by atoms with Crippen LogP contribution in [0.4, 0.5) is 0 Å². The average Bonchev–Trinajstić information content (AvgIpc) is 3.41. The van der Waals surface area contributed by atoms with Crippen LogP contribution in [0, 0.1) is 0 Å². The molecule has 0 radical (unpaired) electrons. The van der Waals surface area contributed by atoms with Crippen molar-refractivity contribution < 1.29 is 9.21 Å². The van der Waals surface area contributed by atoms with Crippen molar-refractivity contribution >= 4 is 27.7 Å². The summed E-state index contributed by atoms with van der Waals surface area (Å²) in [5, 5.41) is 2.26. The zero-order valence-electron chi connectivity index (χ0n) is 18.2. The highest BCUT2D eigenvalue weighted by Gasteiger charge is 2.52. The summed E-state index contributed by atoms with van der Waals surface area (Å²) in [5.74, 6) is 0.0950. The average molecular weight is 434 g/mol. The van der Waals surface area contributed by atoms with Gasteiger partial charge in [-0.05, 0) is 45.5 Å². The quantitative estimate of drug-likeness (QED) is 0.247. The first-order valence-electron chi connectivity index (χ1n) is 11.6. The Kier molecular flexibility index (Phi) is 3.25. The Morgan fingerprint density at radius 2 is 1.06 bits per heavy atom. The summed E-state index contributed by atoms with van der Waals surface area (Å²) >= 11 is 0. The smallest absolute Gasteiger partial charge is 0.193 e. The second-order valence-corrected chi connectivity index (χ2v) is 9.18. The molecule has 2 heteroatoms. The lowest BCUT2D eigenvalue weighted by molar-refractivity contribution is 0.103. The van der Waals surface area contributed by atoms with E-state index in [1.807, 2.05) is 48.5 Å². The molecule has 1 aromatic heterocycles. The molecule has 2 aliphatic carbocycles. The molecule has 0 fully saturated rings. The van der Waals surface area contributed by atoms with Gasteiger partial charge in [0.1, 0.15) is 11.2 Å². The fourth-order valence-electron chi connectivity index (χ4n) is 6.47. The van der Waals surface area contributed by atoms with E-state index in [1.54, 1.807) is 0 Å². The second-order valence-electron chi connectivity index (χ2n) is 9.18. The number of carbonyl (C=O) groups excluding carboxylic acids is 1. The van der Waals surface area contributed by atoms with Crippen LogP contribution in [-0.2, 0) is 5.41 Å². The lowest BCUT2D eigenvalue weighted by Gasteiger charge is -2.39. The van der Waals surface area contributed by atoms with E-state index in [9.17, 15) is 4.79 Å². The van der Waals surface area contributed by atoms with Gasteiger partial charge < -0.3 is 4.42 Å². The highest BCUT2D eigenvalue weighted by molar-refractivity contribution is 6.18. The maximum absolute atomic E-state index is 13.6. The van der Waals surface area contributed by atoms with E-state index in [0.29, 0.717) is 0 Å². The summed E-state index contributed by atoms with van der Waals surface area (Å²) in [6.07, 6.45) is 0. The van der Waals surface area contributed by atoms with Crippen molar-refractivity contribution in [3.05, 3.63) is 143 Å². The van der Waals surface area contributed by atoms with Crippen LogP contribution in [0.5, 0.6) is 0 Å². The molecule has 2 nitrogen and oxygen atoms in total. The van der Waals surface area contributed by atoms with Crippen LogP contribution in [-0.4, -0.2) is 5.78 Å². The minimum atomic E-state index is -0.556. The Bertz CT molecular complexity index is 1790. The summed E-state index contributed by atoms with van der Waals surface area (Å²) in [6.45, 7) is 0. The number of hydrogen-bond acceptors (Lipinski definition) is 2. The molecule has 1 heterocycles. The van der Waals surface area contributed by atoms with Gasteiger partial charge in [0.25, 0.3) is 0 Å². The molecule has 0 unspecified atom stereocenters. The predicted molar refractivity (Wildman–Crippen MR) is 134 cm³/mol. The molecule has 8 rings (SSSR count). The van der Waals surface area contributed by atoms with Crippen LogP contribution in [0.15, 0.2) is 114 Å². The van der Waals surface area contributed by atoms with Gasteiger partial charge in [-0.1, -0.05) is 97.1 Å². The molecule has 2 aliphatic rings. The van der Waals surface area contributed by atoms with Crippen LogP contribution >= 0.6 is 0 Å². The monoisotopic (exact) mass is 434 g/mol. The van der Waals surface area contributed by atoms with Gasteiger partial charge in [-0.15, -0.1) is 0 Å². The minimum Gasteiger partial charge on any atom is -0.456 e. The third-order valence-electron chi connectivity index (χ3n) is 7.70. The molecule has 5 aromatic carbocycles. The van der Waals surface area contributed by atoms with Crippen molar-refractivity contribution in [1.29, 1.82) is 0 Å². The molecule has 158 valence electrons. The van der Waals surface area contributed by atoms with Gasteiger partial charge in [-0.2, -0.15) is 0 Å². The predicted octanol–water partition coefficient (Wildman–Crippen LogP) is 7.49.